The largest absolute Gasteiger partial charge is 0.481 e. The summed E-state index contributed by atoms with van der Waals surface area (Å²) in [5, 5.41) is 11.4. The molecule has 6 nitrogen and oxygen atoms in total. The lowest BCUT2D eigenvalue weighted by Gasteiger charge is -1.98. The molecule has 1 heterocycles. The summed E-state index contributed by atoms with van der Waals surface area (Å²) >= 11 is 4.15. The van der Waals surface area contributed by atoms with E-state index in [1.54, 1.807) is 6.92 Å². The van der Waals surface area contributed by atoms with Crippen molar-refractivity contribution in [3.05, 3.63) is 10.6 Å². The monoisotopic (exact) mass is 334 g/mol. The van der Waals surface area contributed by atoms with Gasteiger partial charge in [-0.05, 0) is 6.92 Å². The Bertz CT molecular complexity index is 486. The standard InChI is InChI=1S/C10H11BrN2O4S/c1-5-9(6(14)4-11)18-10(12-5)13-7(15)2-3-8(16)17/h2-4H2,1H3,(H,16,17)(H,12,13,15). The van der Waals surface area contributed by atoms with Crippen molar-refractivity contribution < 1.29 is 19.5 Å². The van der Waals surface area contributed by atoms with Gasteiger partial charge < -0.3 is 10.4 Å². The molecule has 0 atom stereocenters. The van der Waals surface area contributed by atoms with Crippen LogP contribution in [0.15, 0.2) is 0 Å². The third-order valence-electron chi connectivity index (χ3n) is 1.98. The highest BCUT2D eigenvalue weighted by molar-refractivity contribution is 9.09. The molecule has 18 heavy (non-hydrogen) atoms. The minimum absolute atomic E-state index is 0.101. The lowest BCUT2D eigenvalue weighted by molar-refractivity contribution is -0.138. The summed E-state index contributed by atoms with van der Waals surface area (Å²) in [5.74, 6) is -1.56. The van der Waals surface area contributed by atoms with Gasteiger partial charge in [0.15, 0.2) is 10.9 Å². The van der Waals surface area contributed by atoms with E-state index in [1.165, 1.54) is 0 Å². The first-order valence-electron chi connectivity index (χ1n) is 5.02. The SMILES string of the molecule is Cc1nc(NC(=O)CCC(=O)O)sc1C(=O)CBr. The van der Waals surface area contributed by atoms with Crippen molar-refractivity contribution in [3.8, 4) is 0 Å². The molecule has 1 amide bonds. The second-order valence-corrected chi connectivity index (χ2v) is 4.99. The Hall–Kier alpha value is -1.28. The average molecular weight is 335 g/mol. The average Bonchev–Trinajstić information content (AvgIpc) is 2.66. The molecule has 0 bridgehead atoms. The number of nitrogens with one attached hydrogen (secondary N) is 1. The summed E-state index contributed by atoms with van der Waals surface area (Å²) in [6, 6.07) is 0. The number of Topliss-reactive ketones (excluding diaryl/α,β-unsaturated/α-hetero) is 1. The Morgan fingerprint density at radius 2 is 2.06 bits per heavy atom. The number of carboxylic acids is 1. The molecular weight excluding hydrogens is 324 g/mol. The van der Waals surface area contributed by atoms with Gasteiger partial charge in [-0.15, -0.1) is 0 Å². The maximum absolute atomic E-state index is 11.5. The number of carbonyl (C=O) groups excluding carboxylic acids is 2. The van der Waals surface area contributed by atoms with Crippen LogP contribution in [0.5, 0.6) is 0 Å². The number of thiazole rings is 1. The van der Waals surface area contributed by atoms with Crippen LogP contribution in [-0.4, -0.2) is 33.1 Å². The van der Waals surface area contributed by atoms with Gasteiger partial charge in [-0.25, -0.2) is 4.98 Å². The summed E-state index contributed by atoms with van der Waals surface area (Å²) in [6.07, 6.45) is -0.348. The second kappa shape index (κ2) is 6.60. The van der Waals surface area contributed by atoms with Crippen molar-refractivity contribution in [1.29, 1.82) is 0 Å². The number of hydrogen-bond acceptors (Lipinski definition) is 5. The molecule has 0 fully saturated rings. The molecule has 0 aromatic carbocycles. The molecule has 0 aliphatic carbocycles. The van der Waals surface area contributed by atoms with Crippen molar-refractivity contribution in [2.75, 3.05) is 10.6 Å². The van der Waals surface area contributed by atoms with E-state index < -0.39 is 11.9 Å². The fourth-order valence-electron chi connectivity index (χ4n) is 1.17. The normalized spacial score (nSPS) is 10.1. The van der Waals surface area contributed by atoms with E-state index >= 15 is 0 Å². The molecule has 2 N–H and O–H groups in total. The number of ketones is 1. The number of anilines is 1. The van der Waals surface area contributed by atoms with Gasteiger partial charge >= 0.3 is 5.97 Å². The highest BCUT2D eigenvalue weighted by Gasteiger charge is 2.15. The predicted octanol–water partition coefficient (Wildman–Crippen LogP) is 1.83. The number of aryl methyl sites for hydroxylation is 1. The van der Waals surface area contributed by atoms with Gasteiger partial charge in [0.2, 0.25) is 5.91 Å². The molecule has 1 aromatic heterocycles. The van der Waals surface area contributed by atoms with Gasteiger partial charge in [0, 0.05) is 6.42 Å². The third kappa shape index (κ3) is 4.19. The summed E-state index contributed by atoms with van der Waals surface area (Å²) in [7, 11) is 0. The number of nitrogens with zero attached hydrogens (tertiary/aromatic N) is 1. The van der Waals surface area contributed by atoms with Crippen LogP contribution in [0, 0.1) is 6.92 Å². The maximum Gasteiger partial charge on any atom is 0.303 e. The van der Waals surface area contributed by atoms with Crippen LogP contribution in [0.4, 0.5) is 5.13 Å². The lowest BCUT2D eigenvalue weighted by Crippen LogP contribution is -2.12. The van der Waals surface area contributed by atoms with Crippen LogP contribution in [0.25, 0.3) is 0 Å². The first kappa shape index (κ1) is 14.8. The number of amides is 1. The van der Waals surface area contributed by atoms with E-state index in [1.807, 2.05) is 0 Å². The molecule has 0 spiro atoms. The van der Waals surface area contributed by atoms with Crippen molar-refractivity contribution in [1.82, 2.24) is 4.98 Å². The number of aromatic nitrogens is 1. The van der Waals surface area contributed by atoms with Gasteiger partial charge in [-0.3, -0.25) is 14.4 Å². The minimum Gasteiger partial charge on any atom is -0.481 e. The molecular formula is C10H11BrN2O4S. The smallest absolute Gasteiger partial charge is 0.303 e. The van der Waals surface area contributed by atoms with Gasteiger partial charge in [0.25, 0.3) is 0 Å². The van der Waals surface area contributed by atoms with E-state index in [2.05, 4.69) is 26.2 Å². The summed E-state index contributed by atoms with van der Waals surface area (Å²) in [4.78, 5) is 37.7. The lowest BCUT2D eigenvalue weighted by atomic mass is 10.3. The highest BCUT2D eigenvalue weighted by Crippen LogP contribution is 2.23. The van der Waals surface area contributed by atoms with Crippen molar-refractivity contribution in [2.45, 2.75) is 19.8 Å². The number of aliphatic carboxylic acids is 1. The number of carbonyl (C=O) groups is 3. The van der Waals surface area contributed by atoms with Crippen LogP contribution in [0.2, 0.25) is 0 Å². The molecule has 0 aliphatic heterocycles. The molecule has 1 aromatic rings. The van der Waals surface area contributed by atoms with Crippen molar-refractivity contribution >= 4 is 50.1 Å². The Morgan fingerprint density at radius 3 is 2.61 bits per heavy atom. The van der Waals surface area contributed by atoms with Gasteiger partial charge in [-0.1, -0.05) is 27.3 Å². The Labute approximate surface area is 116 Å². The molecule has 0 saturated heterocycles. The molecule has 98 valence electrons. The van der Waals surface area contributed by atoms with Crippen molar-refractivity contribution in [2.24, 2.45) is 0 Å². The molecule has 1 rings (SSSR count). The minimum atomic E-state index is -1.03. The van der Waals surface area contributed by atoms with Crippen LogP contribution in [0.3, 0.4) is 0 Å². The number of carboxylic acid groups (broad SMARTS) is 1. The number of halogens is 1. The zero-order chi connectivity index (χ0) is 13.7. The zero-order valence-electron chi connectivity index (χ0n) is 9.53. The van der Waals surface area contributed by atoms with E-state index in [-0.39, 0.29) is 24.0 Å². The molecule has 0 aliphatic rings. The topological polar surface area (TPSA) is 96.4 Å². The summed E-state index contributed by atoms with van der Waals surface area (Å²) < 4.78 is 0. The van der Waals surface area contributed by atoms with Crippen molar-refractivity contribution in [3.63, 3.8) is 0 Å². The second-order valence-electron chi connectivity index (χ2n) is 3.43. The molecule has 0 saturated carbocycles. The van der Waals surface area contributed by atoms with Crippen LogP contribution in [0.1, 0.15) is 28.2 Å². The molecule has 0 unspecified atom stereocenters. The fourth-order valence-corrected chi connectivity index (χ4v) is 2.56. The maximum atomic E-state index is 11.5. The molecule has 8 heteroatoms. The zero-order valence-corrected chi connectivity index (χ0v) is 11.9. The van der Waals surface area contributed by atoms with Gasteiger partial charge in [0.1, 0.15) is 0 Å². The van der Waals surface area contributed by atoms with E-state index in [0.717, 1.165) is 11.3 Å². The summed E-state index contributed by atoms with van der Waals surface area (Å²) in [5.41, 5.74) is 0.554. The quantitative estimate of drug-likeness (QED) is 0.611. The first-order chi connectivity index (χ1) is 8.43. The summed E-state index contributed by atoms with van der Waals surface area (Å²) in [6.45, 7) is 1.68. The van der Waals surface area contributed by atoms with Crippen LogP contribution >= 0.6 is 27.3 Å². The fraction of sp³-hybridized carbons (Fsp3) is 0.400. The Kier molecular flexibility index (Phi) is 5.42. The van der Waals surface area contributed by atoms with Gasteiger partial charge in [-0.2, -0.15) is 0 Å². The highest BCUT2D eigenvalue weighted by atomic mass is 79.9. The van der Waals surface area contributed by atoms with Crippen LogP contribution in [-0.2, 0) is 9.59 Å². The number of alkyl halides is 1. The van der Waals surface area contributed by atoms with Crippen LogP contribution < -0.4 is 5.32 Å². The number of rotatable bonds is 6. The number of hydrogen-bond donors (Lipinski definition) is 2. The van der Waals surface area contributed by atoms with E-state index in [4.69, 9.17) is 5.11 Å². The van der Waals surface area contributed by atoms with E-state index in [0.29, 0.717) is 15.7 Å². The first-order valence-corrected chi connectivity index (χ1v) is 6.96. The Morgan fingerprint density at radius 1 is 1.39 bits per heavy atom. The molecule has 0 radical (unpaired) electrons. The Balaban J connectivity index is 2.66. The third-order valence-corrected chi connectivity index (χ3v) is 3.61. The predicted molar refractivity (Wildman–Crippen MR) is 70.5 cm³/mol. The van der Waals surface area contributed by atoms with Gasteiger partial charge in [0.05, 0.1) is 22.3 Å². The van der Waals surface area contributed by atoms with E-state index in [9.17, 15) is 14.4 Å².